The summed E-state index contributed by atoms with van der Waals surface area (Å²) in [5.74, 6) is -1.27. The van der Waals surface area contributed by atoms with Gasteiger partial charge in [-0.2, -0.15) is 4.98 Å². The number of carboxylic acid groups (broad SMARTS) is 1. The average molecular weight is 285 g/mol. The molecule has 7 nitrogen and oxygen atoms in total. The number of aromatic nitrogens is 2. The van der Waals surface area contributed by atoms with E-state index in [1.807, 2.05) is 6.92 Å². The monoisotopic (exact) mass is 285 g/mol. The van der Waals surface area contributed by atoms with Gasteiger partial charge in [-0.05, 0) is 6.92 Å². The summed E-state index contributed by atoms with van der Waals surface area (Å²) >= 11 is 0.955. The quantitative estimate of drug-likeness (QED) is 0.538. The SMILES string of the molecule is CCNC(=O)CCn1ccc(=O)nc1SCC(=O)O. The van der Waals surface area contributed by atoms with Crippen molar-refractivity contribution in [2.24, 2.45) is 0 Å². The van der Waals surface area contributed by atoms with E-state index in [0.29, 0.717) is 18.2 Å². The number of nitrogens with one attached hydrogen (secondary N) is 1. The summed E-state index contributed by atoms with van der Waals surface area (Å²) in [4.78, 5) is 36.8. The molecule has 2 N–H and O–H groups in total. The van der Waals surface area contributed by atoms with Crippen LogP contribution in [0.4, 0.5) is 0 Å². The van der Waals surface area contributed by atoms with E-state index < -0.39 is 11.5 Å². The van der Waals surface area contributed by atoms with Crippen LogP contribution in [0.1, 0.15) is 13.3 Å². The Hall–Kier alpha value is -1.83. The molecule has 1 aromatic rings. The molecule has 0 aliphatic heterocycles. The number of thioether (sulfide) groups is 1. The Kier molecular flexibility index (Phi) is 6.07. The van der Waals surface area contributed by atoms with Gasteiger partial charge in [-0.25, -0.2) is 0 Å². The van der Waals surface area contributed by atoms with Crippen LogP contribution in [0.15, 0.2) is 22.2 Å². The Morgan fingerprint density at radius 2 is 2.26 bits per heavy atom. The highest BCUT2D eigenvalue weighted by molar-refractivity contribution is 7.99. The number of nitrogens with zero attached hydrogens (tertiary/aromatic N) is 2. The standard InChI is InChI=1S/C11H15N3O4S/c1-2-12-8(15)3-5-14-6-4-9(16)13-11(14)19-7-10(17)18/h4,6H,2-3,5,7H2,1H3,(H,12,15)(H,17,18). The van der Waals surface area contributed by atoms with E-state index in [0.717, 1.165) is 11.8 Å². The third-order valence-electron chi connectivity index (χ3n) is 2.13. The van der Waals surface area contributed by atoms with E-state index >= 15 is 0 Å². The van der Waals surface area contributed by atoms with E-state index in [9.17, 15) is 14.4 Å². The van der Waals surface area contributed by atoms with Crippen LogP contribution in [0.25, 0.3) is 0 Å². The molecule has 0 radical (unpaired) electrons. The highest BCUT2D eigenvalue weighted by Gasteiger charge is 2.08. The first-order chi connectivity index (χ1) is 9.02. The Labute approximate surface area is 114 Å². The molecule has 1 heterocycles. The second kappa shape index (κ2) is 7.57. The molecule has 0 fully saturated rings. The van der Waals surface area contributed by atoms with Crippen molar-refractivity contribution in [1.29, 1.82) is 0 Å². The molecule has 1 amide bonds. The lowest BCUT2D eigenvalue weighted by Gasteiger charge is -2.10. The van der Waals surface area contributed by atoms with Crippen LogP contribution in [0, 0.1) is 0 Å². The molecular weight excluding hydrogens is 270 g/mol. The molecule has 0 bridgehead atoms. The number of rotatable bonds is 7. The third kappa shape index (κ3) is 5.56. The fraction of sp³-hybridized carbons (Fsp3) is 0.455. The van der Waals surface area contributed by atoms with Crippen LogP contribution < -0.4 is 10.9 Å². The first-order valence-electron chi connectivity index (χ1n) is 5.71. The molecule has 0 aromatic carbocycles. The van der Waals surface area contributed by atoms with Crippen molar-refractivity contribution in [2.45, 2.75) is 25.0 Å². The second-order valence-corrected chi connectivity index (χ2v) is 4.57. The van der Waals surface area contributed by atoms with Crippen molar-refractivity contribution in [3.05, 3.63) is 22.6 Å². The minimum Gasteiger partial charge on any atom is -0.481 e. The molecule has 0 aliphatic rings. The molecule has 0 saturated carbocycles. The van der Waals surface area contributed by atoms with Gasteiger partial charge in [-0.3, -0.25) is 14.4 Å². The maximum absolute atomic E-state index is 11.4. The third-order valence-corrected chi connectivity index (χ3v) is 3.10. The van der Waals surface area contributed by atoms with Crippen LogP contribution in [0.5, 0.6) is 0 Å². The van der Waals surface area contributed by atoms with Gasteiger partial charge in [0.25, 0.3) is 5.56 Å². The van der Waals surface area contributed by atoms with E-state index in [2.05, 4.69) is 10.3 Å². The van der Waals surface area contributed by atoms with E-state index in [1.165, 1.54) is 12.3 Å². The number of carbonyl (C=O) groups is 2. The first kappa shape index (κ1) is 15.2. The van der Waals surface area contributed by atoms with E-state index in [4.69, 9.17) is 5.11 Å². The van der Waals surface area contributed by atoms with Gasteiger partial charge in [0, 0.05) is 31.8 Å². The minimum absolute atomic E-state index is 0.101. The number of aliphatic carboxylic acids is 1. The van der Waals surface area contributed by atoms with Crippen LogP contribution in [0.2, 0.25) is 0 Å². The van der Waals surface area contributed by atoms with Gasteiger partial charge in [-0.1, -0.05) is 11.8 Å². The Bertz CT molecular complexity index is 515. The molecule has 0 spiro atoms. The lowest BCUT2D eigenvalue weighted by Crippen LogP contribution is -2.24. The van der Waals surface area contributed by atoms with Gasteiger partial charge < -0.3 is 15.0 Å². The maximum atomic E-state index is 11.4. The summed E-state index contributed by atoms with van der Waals surface area (Å²) in [5, 5.41) is 11.6. The average Bonchev–Trinajstić information content (AvgIpc) is 2.35. The molecule has 19 heavy (non-hydrogen) atoms. The van der Waals surface area contributed by atoms with Gasteiger partial charge in [0.2, 0.25) is 5.91 Å². The van der Waals surface area contributed by atoms with E-state index in [1.54, 1.807) is 4.57 Å². The van der Waals surface area contributed by atoms with Gasteiger partial charge in [0.1, 0.15) is 0 Å². The van der Waals surface area contributed by atoms with Crippen molar-refractivity contribution in [1.82, 2.24) is 14.9 Å². The van der Waals surface area contributed by atoms with Crippen molar-refractivity contribution in [3.8, 4) is 0 Å². The molecule has 1 rings (SSSR count). The molecule has 1 aromatic heterocycles. The topological polar surface area (TPSA) is 101 Å². The van der Waals surface area contributed by atoms with Crippen molar-refractivity contribution >= 4 is 23.6 Å². The summed E-state index contributed by atoms with van der Waals surface area (Å²) in [7, 11) is 0. The van der Waals surface area contributed by atoms with Crippen LogP contribution in [-0.4, -0.2) is 38.8 Å². The molecule has 0 atom stereocenters. The molecule has 104 valence electrons. The number of carbonyl (C=O) groups excluding carboxylic acids is 1. The van der Waals surface area contributed by atoms with Crippen molar-refractivity contribution < 1.29 is 14.7 Å². The van der Waals surface area contributed by atoms with E-state index in [-0.39, 0.29) is 18.1 Å². The Balaban J connectivity index is 2.73. The van der Waals surface area contributed by atoms with Crippen molar-refractivity contribution in [2.75, 3.05) is 12.3 Å². The molecule has 0 saturated heterocycles. The fourth-order valence-corrected chi connectivity index (χ4v) is 2.06. The molecular formula is C11H15N3O4S. The highest BCUT2D eigenvalue weighted by atomic mass is 32.2. The fourth-order valence-electron chi connectivity index (χ4n) is 1.33. The summed E-state index contributed by atoms with van der Waals surface area (Å²) < 4.78 is 1.60. The predicted molar refractivity (Wildman–Crippen MR) is 70.2 cm³/mol. The minimum atomic E-state index is -0.988. The van der Waals surface area contributed by atoms with Gasteiger partial charge >= 0.3 is 5.97 Å². The largest absolute Gasteiger partial charge is 0.481 e. The van der Waals surface area contributed by atoms with Crippen molar-refractivity contribution in [3.63, 3.8) is 0 Å². The predicted octanol–water partition coefficient (Wildman–Crippen LogP) is -0.0538. The zero-order chi connectivity index (χ0) is 14.3. The Morgan fingerprint density at radius 3 is 2.89 bits per heavy atom. The summed E-state index contributed by atoms with van der Waals surface area (Å²) in [6.45, 7) is 2.73. The number of aryl methyl sites for hydroxylation is 1. The lowest BCUT2D eigenvalue weighted by atomic mass is 10.4. The molecule has 0 unspecified atom stereocenters. The summed E-state index contributed by atoms with van der Waals surface area (Å²) in [6.07, 6.45) is 1.76. The number of hydrogen-bond donors (Lipinski definition) is 2. The van der Waals surface area contributed by atoms with Crippen LogP contribution in [0.3, 0.4) is 0 Å². The first-order valence-corrected chi connectivity index (χ1v) is 6.70. The van der Waals surface area contributed by atoms with Crippen LogP contribution >= 0.6 is 11.8 Å². The van der Waals surface area contributed by atoms with Gasteiger partial charge in [0.05, 0.1) is 5.75 Å². The summed E-state index contributed by atoms with van der Waals surface area (Å²) in [6, 6.07) is 1.28. The lowest BCUT2D eigenvalue weighted by molar-refractivity contribution is -0.134. The molecule has 8 heteroatoms. The normalized spacial score (nSPS) is 10.2. The number of hydrogen-bond acceptors (Lipinski definition) is 5. The van der Waals surface area contributed by atoms with Gasteiger partial charge in [0.15, 0.2) is 5.16 Å². The number of amides is 1. The zero-order valence-corrected chi connectivity index (χ0v) is 11.3. The number of carboxylic acids is 1. The Morgan fingerprint density at radius 1 is 1.53 bits per heavy atom. The summed E-state index contributed by atoms with van der Waals surface area (Å²) in [5.41, 5.74) is -0.429. The smallest absolute Gasteiger partial charge is 0.313 e. The zero-order valence-electron chi connectivity index (χ0n) is 10.5. The molecule has 0 aliphatic carbocycles. The second-order valence-electron chi connectivity index (χ2n) is 3.63. The highest BCUT2D eigenvalue weighted by Crippen LogP contribution is 2.13. The maximum Gasteiger partial charge on any atom is 0.313 e. The van der Waals surface area contributed by atoms with Crippen LogP contribution in [-0.2, 0) is 16.1 Å². The van der Waals surface area contributed by atoms with Gasteiger partial charge in [-0.15, -0.1) is 0 Å².